The van der Waals surface area contributed by atoms with Crippen LogP contribution in [0.15, 0.2) is 67.3 Å². The van der Waals surface area contributed by atoms with Crippen LogP contribution in [0.5, 0.6) is 0 Å². The number of anilines is 1. The first-order chi connectivity index (χ1) is 16.1. The van der Waals surface area contributed by atoms with Crippen molar-refractivity contribution in [3.63, 3.8) is 0 Å². The minimum Gasteiger partial charge on any atom is -0.340 e. The van der Waals surface area contributed by atoms with Crippen LogP contribution in [-0.2, 0) is 22.6 Å². The molecule has 1 saturated heterocycles. The van der Waals surface area contributed by atoms with E-state index < -0.39 is 0 Å². The van der Waals surface area contributed by atoms with Crippen molar-refractivity contribution in [1.29, 1.82) is 0 Å². The van der Waals surface area contributed by atoms with Crippen LogP contribution in [0.25, 0.3) is 0 Å². The van der Waals surface area contributed by atoms with Crippen LogP contribution in [0, 0.1) is 0 Å². The predicted octanol–water partition coefficient (Wildman–Crippen LogP) is 4.79. The molecule has 2 fully saturated rings. The third kappa shape index (κ3) is 5.91. The van der Waals surface area contributed by atoms with Crippen LogP contribution in [-0.4, -0.2) is 46.8 Å². The summed E-state index contributed by atoms with van der Waals surface area (Å²) in [5.41, 5.74) is 3.32. The fourth-order valence-corrected chi connectivity index (χ4v) is 5.32. The summed E-state index contributed by atoms with van der Waals surface area (Å²) in [6.07, 6.45) is 8.66. The Morgan fingerprint density at radius 2 is 1.67 bits per heavy atom. The van der Waals surface area contributed by atoms with Gasteiger partial charge >= 0.3 is 0 Å². The molecule has 2 aliphatic rings. The second-order valence-corrected chi connectivity index (χ2v) is 9.40. The molecule has 0 bridgehead atoms. The van der Waals surface area contributed by atoms with Crippen molar-refractivity contribution in [2.75, 3.05) is 25.0 Å². The van der Waals surface area contributed by atoms with Gasteiger partial charge in [-0.05, 0) is 48.6 Å². The number of carbonyl (C=O) groups excluding carboxylic acids is 2. The first-order valence-electron chi connectivity index (χ1n) is 12.2. The molecule has 0 atom stereocenters. The Morgan fingerprint density at radius 3 is 2.36 bits per heavy atom. The van der Waals surface area contributed by atoms with Gasteiger partial charge in [-0.25, -0.2) is 0 Å². The van der Waals surface area contributed by atoms with Gasteiger partial charge < -0.3 is 10.2 Å². The lowest BCUT2D eigenvalue weighted by Gasteiger charge is -2.53. The molecule has 1 aliphatic carbocycles. The standard InChI is InChI=1S/C28H35N3O2/c1-2-26(32)29-25-14-11-23(12-15-25)13-16-27(33)30-19-20-31(21-24-9-5-3-6-10-24)28(22-30)17-7-4-8-18-28/h2-3,5-6,9-12,14-15H,1,4,7-8,13,16-22H2,(H,29,32). The maximum Gasteiger partial charge on any atom is 0.247 e. The SMILES string of the molecule is C=CC(=O)Nc1ccc(CCC(=O)N2CCN(Cc3ccccc3)C3(CCCCC3)C2)cc1. The number of piperazine rings is 1. The molecule has 0 aromatic heterocycles. The van der Waals surface area contributed by atoms with Gasteiger partial charge in [-0.2, -0.15) is 0 Å². The van der Waals surface area contributed by atoms with E-state index in [1.165, 1.54) is 43.7 Å². The minimum atomic E-state index is -0.221. The van der Waals surface area contributed by atoms with Crippen LogP contribution in [0.1, 0.15) is 49.7 Å². The highest BCUT2D eigenvalue weighted by Crippen LogP contribution is 2.37. The zero-order valence-corrected chi connectivity index (χ0v) is 19.5. The minimum absolute atomic E-state index is 0.118. The van der Waals surface area contributed by atoms with E-state index >= 15 is 0 Å². The highest BCUT2D eigenvalue weighted by molar-refractivity contribution is 5.98. The zero-order chi connectivity index (χ0) is 23.1. The summed E-state index contributed by atoms with van der Waals surface area (Å²) < 4.78 is 0. The predicted molar refractivity (Wildman–Crippen MR) is 133 cm³/mol. The van der Waals surface area contributed by atoms with Crippen LogP contribution < -0.4 is 5.32 Å². The van der Waals surface area contributed by atoms with E-state index in [4.69, 9.17) is 0 Å². The molecule has 5 nitrogen and oxygen atoms in total. The second-order valence-electron chi connectivity index (χ2n) is 9.40. The van der Waals surface area contributed by atoms with Crippen molar-refractivity contribution >= 4 is 17.5 Å². The third-order valence-corrected chi connectivity index (χ3v) is 7.18. The van der Waals surface area contributed by atoms with E-state index in [1.807, 2.05) is 24.3 Å². The third-order valence-electron chi connectivity index (χ3n) is 7.18. The van der Waals surface area contributed by atoms with Crippen molar-refractivity contribution in [3.05, 3.63) is 78.4 Å². The number of nitrogens with one attached hydrogen (secondary N) is 1. The van der Waals surface area contributed by atoms with Crippen molar-refractivity contribution in [2.24, 2.45) is 0 Å². The summed E-state index contributed by atoms with van der Waals surface area (Å²) in [7, 11) is 0. The summed E-state index contributed by atoms with van der Waals surface area (Å²) >= 11 is 0. The van der Waals surface area contributed by atoms with Gasteiger partial charge in [0.25, 0.3) is 0 Å². The number of carbonyl (C=O) groups is 2. The largest absolute Gasteiger partial charge is 0.340 e. The molecule has 2 amide bonds. The topological polar surface area (TPSA) is 52.7 Å². The molecule has 0 unspecified atom stereocenters. The first-order valence-corrected chi connectivity index (χ1v) is 12.2. The Kier molecular flexibility index (Phi) is 7.61. The quantitative estimate of drug-likeness (QED) is 0.624. The van der Waals surface area contributed by atoms with E-state index in [1.54, 1.807) is 0 Å². The summed E-state index contributed by atoms with van der Waals surface area (Å²) in [5, 5.41) is 2.75. The molecule has 1 heterocycles. The van der Waals surface area contributed by atoms with Gasteiger partial charge in [0.1, 0.15) is 0 Å². The molecule has 4 rings (SSSR count). The first kappa shape index (κ1) is 23.2. The average molecular weight is 446 g/mol. The number of hydrogen-bond donors (Lipinski definition) is 1. The van der Waals surface area contributed by atoms with E-state index in [0.29, 0.717) is 12.8 Å². The number of rotatable bonds is 7. The molecule has 174 valence electrons. The highest BCUT2D eigenvalue weighted by Gasteiger charge is 2.43. The summed E-state index contributed by atoms with van der Waals surface area (Å²) in [5.74, 6) is 0.0318. The molecular weight excluding hydrogens is 410 g/mol. The Morgan fingerprint density at radius 1 is 0.939 bits per heavy atom. The fourth-order valence-electron chi connectivity index (χ4n) is 5.32. The average Bonchev–Trinajstić information content (AvgIpc) is 2.86. The number of hydrogen-bond acceptors (Lipinski definition) is 3. The van der Waals surface area contributed by atoms with Gasteiger partial charge in [0.2, 0.25) is 11.8 Å². The molecule has 2 aromatic carbocycles. The molecule has 1 aliphatic heterocycles. The van der Waals surface area contributed by atoms with Gasteiger partial charge in [-0.15, -0.1) is 0 Å². The summed E-state index contributed by atoms with van der Waals surface area (Å²) in [4.78, 5) is 29.4. The van der Waals surface area contributed by atoms with E-state index in [0.717, 1.165) is 37.4 Å². The van der Waals surface area contributed by atoms with E-state index in [-0.39, 0.29) is 17.4 Å². The summed E-state index contributed by atoms with van der Waals surface area (Å²) in [6, 6.07) is 18.4. The van der Waals surface area contributed by atoms with Crippen LogP contribution in [0.3, 0.4) is 0 Å². The van der Waals surface area contributed by atoms with Crippen LogP contribution in [0.2, 0.25) is 0 Å². The van der Waals surface area contributed by atoms with Gasteiger partial charge in [0, 0.05) is 43.8 Å². The smallest absolute Gasteiger partial charge is 0.247 e. The maximum atomic E-state index is 13.2. The van der Waals surface area contributed by atoms with Crippen molar-refractivity contribution < 1.29 is 9.59 Å². The van der Waals surface area contributed by atoms with E-state index in [2.05, 4.69) is 52.0 Å². The Balaban J connectivity index is 1.35. The lowest BCUT2D eigenvalue weighted by atomic mass is 9.78. The lowest BCUT2D eigenvalue weighted by Crippen LogP contribution is -2.63. The molecule has 1 saturated carbocycles. The van der Waals surface area contributed by atoms with Gasteiger partial charge in [-0.1, -0.05) is 68.3 Å². The number of amides is 2. The molecule has 5 heteroatoms. The molecule has 2 aromatic rings. The Labute approximate surface area is 197 Å². The van der Waals surface area contributed by atoms with Gasteiger partial charge in [0.15, 0.2) is 0 Å². The van der Waals surface area contributed by atoms with Crippen molar-refractivity contribution in [2.45, 2.75) is 57.0 Å². The molecule has 0 radical (unpaired) electrons. The Hall–Kier alpha value is -2.92. The molecule has 1 spiro atoms. The zero-order valence-electron chi connectivity index (χ0n) is 19.5. The number of benzene rings is 2. The van der Waals surface area contributed by atoms with Crippen molar-refractivity contribution in [1.82, 2.24) is 9.80 Å². The number of aryl methyl sites for hydroxylation is 1. The molecule has 33 heavy (non-hydrogen) atoms. The molecule has 1 N–H and O–H groups in total. The monoisotopic (exact) mass is 445 g/mol. The van der Waals surface area contributed by atoms with Crippen LogP contribution >= 0.6 is 0 Å². The maximum absolute atomic E-state index is 13.2. The fraction of sp³-hybridized carbons (Fsp3) is 0.429. The Bertz CT molecular complexity index is 949. The van der Waals surface area contributed by atoms with Gasteiger partial charge in [0.05, 0.1) is 0 Å². The van der Waals surface area contributed by atoms with Crippen molar-refractivity contribution in [3.8, 4) is 0 Å². The number of nitrogens with zero attached hydrogens (tertiary/aromatic N) is 2. The lowest BCUT2D eigenvalue weighted by molar-refractivity contribution is -0.138. The van der Waals surface area contributed by atoms with Crippen LogP contribution in [0.4, 0.5) is 5.69 Å². The second kappa shape index (κ2) is 10.8. The summed E-state index contributed by atoms with van der Waals surface area (Å²) in [6.45, 7) is 7.04. The van der Waals surface area contributed by atoms with Gasteiger partial charge in [-0.3, -0.25) is 14.5 Å². The van der Waals surface area contributed by atoms with E-state index in [9.17, 15) is 9.59 Å². The molecular formula is C28H35N3O2. The normalized spacial score (nSPS) is 18.1. The highest BCUT2D eigenvalue weighted by atomic mass is 16.2.